The molecule has 2 rings (SSSR count). The van der Waals surface area contributed by atoms with Crippen molar-refractivity contribution < 1.29 is 23.9 Å². The molecular formula is C16H20N4O5. The zero-order valence-electron chi connectivity index (χ0n) is 14.3. The molecule has 0 fully saturated rings. The lowest BCUT2D eigenvalue weighted by Gasteiger charge is -2.14. The Bertz CT molecular complexity index is 786. The second-order valence-electron chi connectivity index (χ2n) is 5.30. The minimum Gasteiger partial charge on any atom is -0.464 e. The fourth-order valence-corrected chi connectivity index (χ4v) is 2.27. The summed E-state index contributed by atoms with van der Waals surface area (Å²) in [6.07, 6.45) is 1.81. The van der Waals surface area contributed by atoms with Crippen molar-refractivity contribution in [1.29, 1.82) is 0 Å². The topological polar surface area (TPSA) is 102 Å². The number of nitrogens with zero attached hydrogens (tertiary/aromatic N) is 3. The third kappa shape index (κ3) is 4.46. The molecule has 9 heteroatoms. The van der Waals surface area contributed by atoms with Gasteiger partial charge in [-0.3, -0.25) is 9.20 Å². The van der Waals surface area contributed by atoms with E-state index in [4.69, 9.17) is 4.74 Å². The highest BCUT2D eigenvalue weighted by atomic mass is 16.5. The van der Waals surface area contributed by atoms with Crippen molar-refractivity contribution in [1.82, 2.24) is 14.3 Å². The summed E-state index contributed by atoms with van der Waals surface area (Å²) >= 11 is 0. The lowest BCUT2D eigenvalue weighted by atomic mass is 10.3. The van der Waals surface area contributed by atoms with E-state index in [1.807, 2.05) is 0 Å². The molecule has 9 nitrogen and oxygen atoms in total. The number of anilines is 1. The van der Waals surface area contributed by atoms with Gasteiger partial charge in [-0.25, -0.2) is 14.6 Å². The van der Waals surface area contributed by atoms with Crippen molar-refractivity contribution in [3.05, 3.63) is 30.1 Å². The number of pyridine rings is 1. The summed E-state index contributed by atoms with van der Waals surface area (Å²) < 4.78 is 10.8. The normalized spacial score (nSPS) is 10.4. The van der Waals surface area contributed by atoms with E-state index in [0.717, 1.165) is 0 Å². The Labute approximate surface area is 144 Å². The van der Waals surface area contributed by atoms with Crippen molar-refractivity contribution in [3.63, 3.8) is 0 Å². The molecule has 0 saturated heterocycles. The average Bonchev–Trinajstić information content (AvgIpc) is 3.02. The Morgan fingerprint density at radius 1 is 1.24 bits per heavy atom. The van der Waals surface area contributed by atoms with Gasteiger partial charge < -0.3 is 19.7 Å². The highest BCUT2D eigenvalue weighted by Crippen LogP contribution is 2.14. The van der Waals surface area contributed by atoms with E-state index in [2.05, 4.69) is 15.0 Å². The van der Waals surface area contributed by atoms with Gasteiger partial charge >= 0.3 is 12.1 Å². The zero-order valence-corrected chi connectivity index (χ0v) is 14.3. The van der Waals surface area contributed by atoms with Gasteiger partial charge in [0.2, 0.25) is 5.91 Å². The number of hydrogen-bond acceptors (Lipinski definition) is 6. The molecule has 0 aliphatic carbocycles. The molecular weight excluding hydrogens is 328 g/mol. The highest BCUT2D eigenvalue weighted by Gasteiger charge is 2.14. The summed E-state index contributed by atoms with van der Waals surface area (Å²) in [6, 6.07) is 5.00. The number of fused-ring (bicyclic) bond motifs is 1. The summed E-state index contributed by atoms with van der Waals surface area (Å²) in [6.45, 7) is 0.401. The number of carbonyl (C=O) groups excluding carboxylic acids is 3. The molecule has 1 N–H and O–H groups in total. The van der Waals surface area contributed by atoms with Crippen molar-refractivity contribution in [2.24, 2.45) is 0 Å². The van der Waals surface area contributed by atoms with Gasteiger partial charge in [0.1, 0.15) is 11.3 Å². The maximum atomic E-state index is 12.0. The quantitative estimate of drug-likeness (QED) is 0.795. The minimum absolute atomic E-state index is 0.221. The van der Waals surface area contributed by atoms with E-state index in [9.17, 15) is 14.4 Å². The second-order valence-corrected chi connectivity index (χ2v) is 5.30. The van der Waals surface area contributed by atoms with E-state index < -0.39 is 12.1 Å². The van der Waals surface area contributed by atoms with Gasteiger partial charge in [-0.15, -0.1) is 0 Å². The van der Waals surface area contributed by atoms with Crippen LogP contribution in [0.2, 0.25) is 0 Å². The van der Waals surface area contributed by atoms with E-state index in [-0.39, 0.29) is 12.3 Å². The van der Waals surface area contributed by atoms with Gasteiger partial charge in [-0.1, -0.05) is 6.07 Å². The molecule has 0 aliphatic rings. The third-order valence-electron chi connectivity index (χ3n) is 3.54. The first kappa shape index (κ1) is 18.2. The first-order valence-electron chi connectivity index (χ1n) is 7.61. The van der Waals surface area contributed by atoms with Crippen LogP contribution in [-0.4, -0.2) is 60.1 Å². The van der Waals surface area contributed by atoms with Gasteiger partial charge in [0, 0.05) is 20.0 Å². The van der Waals surface area contributed by atoms with Crippen LogP contribution in [0.25, 0.3) is 5.65 Å². The predicted molar refractivity (Wildman–Crippen MR) is 89.4 cm³/mol. The molecule has 0 radical (unpaired) electrons. The number of carbonyl (C=O) groups is 3. The van der Waals surface area contributed by atoms with Gasteiger partial charge in [0.15, 0.2) is 5.82 Å². The fourth-order valence-electron chi connectivity index (χ4n) is 2.27. The Morgan fingerprint density at radius 3 is 2.68 bits per heavy atom. The number of amides is 2. The summed E-state index contributed by atoms with van der Waals surface area (Å²) in [5, 5.41) is 2.67. The monoisotopic (exact) mass is 348 g/mol. The van der Waals surface area contributed by atoms with E-state index in [1.54, 1.807) is 35.8 Å². The Morgan fingerprint density at radius 2 is 2.00 bits per heavy atom. The van der Waals surface area contributed by atoms with Crippen molar-refractivity contribution in [3.8, 4) is 0 Å². The molecule has 0 aromatic carbocycles. The summed E-state index contributed by atoms with van der Waals surface area (Å²) in [5.74, 6) is -0.393. The van der Waals surface area contributed by atoms with Crippen LogP contribution < -0.4 is 5.32 Å². The lowest BCUT2D eigenvalue weighted by Crippen LogP contribution is -2.28. The largest absolute Gasteiger partial charge is 0.464 e. The molecule has 0 spiro atoms. The van der Waals surface area contributed by atoms with Crippen LogP contribution in [0.15, 0.2) is 24.4 Å². The van der Waals surface area contributed by atoms with Gasteiger partial charge in [-0.2, -0.15) is 0 Å². The number of hydrogen-bond donors (Lipinski definition) is 1. The summed E-state index contributed by atoms with van der Waals surface area (Å²) in [7, 11) is 4.20. The standard InChI is InChI=1S/C16H20N4O5/c1-19(16(23)25-3)9-5-8-14(21)18-12-10-20-11(15(22)24-2)6-4-7-13(20)17-12/h4,6-7,10H,5,8-9H2,1-3H3,(H,18,21). The number of ether oxygens (including phenoxy) is 2. The Hall–Kier alpha value is -3.10. The van der Waals surface area contributed by atoms with Crippen LogP contribution in [-0.2, 0) is 14.3 Å². The second kappa shape index (κ2) is 8.13. The molecule has 0 atom stereocenters. The molecule has 2 heterocycles. The molecule has 2 aromatic heterocycles. The maximum Gasteiger partial charge on any atom is 0.409 e. The highest BCUT2D eigenvalue weighted by molar-refractivity contribution is 5.91. The number of rotatable bonds is 6. The molecule has 2 amide bonds. The van der Waals surface area contributed by atoms with Gasteiger partial charge in [-0.05, 0) is 18.6 Å². The van der Waals surface area contributed by atoms with Crippen molar-refractivity contribution >= 4 is 29.4 Å². The van der Waals surface area contributed by atoms with E-state index in [1.165, 1.54) is 19.1 Å². The van der Waals surface area contributed by atoms with Gasteiger partial charge in [0.05, 0.1) is 20.4 Å². The SMILES string of the molecule is COC(=O)c1cccc2nc(NC(=O)CCCN(C)C(=O)OC)cn12. The third-order valence-corrected chi connectivity index (χ3v) is 3.54. The van der Waals surface area contributed by atoms with Crippen LogP contribution in [0.3, 0.4) is 0 Å². The van der Waals surface area contributed by atoms with E-state index >= 15 is 0 Å². The Balaban J connectivity index is 1.97. The maximum absolute atomic E-state index is 12.0. The number of nitrogens with one attached hydrogen (secondary N) is 1. The predicted octanol–water partition coefficient (Wildman–Crippen LogP) is 1.54. The van der Waals surface area contributed by atoms with Gasteiger partial charge in [0.25, 0.3) is 0 Å². The lowest BCUT2D eigenvalue weighted by molar-refractivity contribution is -0.116. The number of imidazole rings is 1. The summed E-state index contributed by atoms with van der Waals surface area (Å²) in [5.41, 5.74) is 0.830. The summed E-state index contributed by atoms with van der Waals surface area (Å²) in [4.78, 5) is 40.6. The molecule has 0 aliphatic heterocycles. The number of methoxy groups -OCH3 is 2. The van der Waals surface area contributed by atoms with Crippen LogP contribution >= 0.6 is 0 Å². The number of esters is 1. The van der Waals surface area contributed by atoms with Crippen LogP contribution in [0.5, 0.6) is 0 Å². The first-order chi connectivity index (χ1) is 12.0. The molecule has 134 valence electrons. The van der Waals surface area contributed by atoms with Crippen LogP contribution in [0.1, 0.15) is 23.3 Å². The first-order valence-corrected chi connectivity index (χ1v) is 7.61. The van der Waals surface area contributed by atoms with Crippen molar-refractivity contribution in [2.45, 2.75) is 12.8 Å². The van der Waals surface area contributed by atoms with Crippen LogP contribution in [0.4, 0.5) is 10.6 Å². The minimum atomic E-state index is -0.494. The van der Waals surface area contributed by atoms with E-state index in [0.29, 0.717) is 30.1 Å². The average molecular weight is 348 g/mol. The zero-order chi connectivity index (χ0) is 18.4. The van der Waals surface area contributed by atoms with Crippen molar-refractivity contribution in [2.75, 3.05) is 33.1 Å². The fraction of sp³-hybridized carbons (Fsp3) is 0.375. The Kier molecular flexibility index (Phi) is 5.93. The van der Waals surface area contributed by atoms with Crippen LogP contribution in [0, 0.1) is 0 Å². The molecule has 0 unspecified atom stereocenters. The number of aromatic nitrogens is 2. The molecule has 2 aromatic rings. The molecule has 25 heavy (non-hydrogen) atoms. The molecule has 0 saturated carbocycles. The molecule has 0 bridgehead atoms. The smallest absolute Gasteiger partial charge is 0.409 e.